The fraction of sp³-hybridized carbons (Fsp3) is 0.250. The van der Waals surface area contributed by atoms with Gasteiger partial charge < -0.3 is 10.2 Å². The van der Waals surface area contributed by atoms with E-state index in [1.54, 1.807) is 12.1 Å². The molecule has 0 aliphatic carbocycles. The molecule has 15 heavy (non-hydrogen) atoms. The molecular formula is C8H11BrO5S. The normalized spacial score (nSPS) is 10.4. The van der Waals surface area contributed by atoms with Gasteiger partial charge in [0.2, 0.25) is 0 Å². The summed E-state index contributed by atoms with van der Waals surface area (Å²) in [4.78, 5) is -0.0966. The van der Waals surface area contributed by atoms with Gasteiger partial charge in [0.15, 0.2) is 0 Å². The Kier molecular flexibility index (Phi) is 6.70. The lowest BCUT2D eigenvalue weighted by Gasteiger charge is -1.94. The Morgan fingerprint density at radius 1 is 1.07 bits per heavy atom. The van der Waals surface area contributed by atoms with Gasteiger partial charge in [-0.25, -0.2) is 0 Å². The molecule has 0 saturated heterocycles. The topological polar surface area (TPSA) is 94.8 Å². The standard InChI is InChI=1S/C6H5BrO3S.C2H6O2/c7-5-1-3-6(4-2-5)11(8,9)10;3-1-2-4/h1-4H,(H,8,9,10);3-4H,1-2H2. The number of aliphatic hydroxyl groups excluding tert-OH is 2. The average molecular weight is 299 g/mol. The van der Waals surface area contributed by atoms with Crippen LogP contribution in [0.4, 0.5) is 0 Å². The molecule has 0 bridgehead atoms. The van der Waals surface area contributed by atoms with Gasteiger partial charge in [-0.05, 0) is 24.3 Å². The van der Waals surface area contributed by atoms with Crippen LogP contribution in [0, 0.1) is 0 Å². The minimum absolute atomic E-state index is 0.0966. The molecule has 1 aromatic rings. The van der Waals surface area contributed by atoms with Crippen LogP contribution in [-0.4, -0.2) is 36.4 Å². The van der Waals surface area contributed by atoms with E-state index in [-0.39, 0.29) is 18.1 Å². The van der Waals surface area contributed by atoms with Crippen molar-refractivity contribution < 1.29 is 23.2 Å². The minimum Gasteiger partial charge on any atom is -0.394 e. The Labute approximate surface area is 96.3 Å². The monoisotopic (exact) mass is 298 g/mol. The van der Waals surface area contributed by atoms with Crippen molar-refractivity contribution in [2.45, 2.75) is 4.90 Å². The second-order valence-electron chi connectivity index (χ2n) is 2.38. The first kappa shape index (κ1) is 14.5. The molecule has 0 fully saturated rings. The second kappa shape index (κ2) is 6.91. The first-order valence-electron chi connectivity index (χ1n) is 3.86. The highest BCUT2D eigenvalue weighted by Gasteiger charge is 2.07. The van der Waals surface area contributed by atoms with E-state index in [2.05, 4.69) is 15.9 Å². The summed E-state index contributed by atoms with van der Waals surface area (Å²) in [5.74, 6) is 0. The molecule has 0 aliphatic heterocycles. The van der Waals surface area contributed by atoms with Crippen LogP contribution in [0.2, 0.25) is 0 Å². The third kappa shape index (κ3) is 6.58. The third-order valence-electron chi connectivity index (χ3n) is 1.21. The number of aliphatic hydroxyl groups is 2. The number of hydrogen-bond acceptors (Lipinski definition) is 4. The Hall–Kier alpha value is -0.470. The third-order valence-corrected chi connectivity index (χ3v) is 2.61. The minimum atomic E-state index is -4.04. The summed E-state index contributed by atoms with van der Waals surface area (Å²) in [6.45, 7) is -0.250. The Morgan fingerprint density at radius 2 is 1.47 bits per heavy atom. The molecule has 0 radical (unpaired) electrons. The maximum atomic E-state index is 10.5. The van der Waals surface area contributed by atoms with Crippen LogP contribution in [0.15, 0.2) is 33.6 Å². The molecular weight excluding hydrogens is 288 g/mol. The molecule has 3 N–H and O–H groups in total. The molecule has 5 nitrogen and oxygen atoms in total. The van der Waals surface area contributed by atoms with Gasteiger partial charge in [-0.2, -0.15) is 8.42 Å². The van der Waals surface area contributed by atoms with Gasteiger partial charge in [-0.1, -0.05) is 15.9 Å². The fourth-order valence-electron chi connectivity index (χ4n) is 0.607. The summed E-state index contributed by atoms with van der Waals surface area (Å²) in [6.07, 6.45) is 0. The van der Waals surface area contributed by atoms with Gasteiger partial charge in [0.1, 0.15) is 0 Å². The van der Waals surface area contributed by atoms with Crippen LogP contribution in [0.5, 0.6) is 0 Å². The molecule has 0 amide bonds. The predicted octanol–water partition coefficient (Wildman–Crippen LogP) is 0.667. The van der Waals surface area contributed by atoms with Crippen LogP contribution in [-0.2, 0) is 10.1 Å². The molecule has 0 unspecified atom stereocenters. The van der Waals surface area contributed by atoms with Crippen LogP contribution in [0.25, 0.3) is 0 Å². The SMILES string of the molecule is O=S(=O)(O)c1ccc(Br)cc1.OCCO. The van der Waals surface area contributed by atoms with E-state index in [1.165, 1.54) is 12.1 Å². The quantitative estimate of drug-likeness (QED) is 0.698. The van der Waals surface area contributed by atoms with Gasteiger partial charge in [0.25, 0.3) is 10.1 Å². The Balaban J connectivity index is 0.000000423. The van der Waals surface area contributed by atoms with E-state index in [0.29, 0.717) is 0 Å². The Bertz CT molecular complexity index is 371. The van der Waals surface area contributed by atoms with Gasteiger partial charge >= 0.3 is 0 Å². The van der Waals surface area contributed by atoms with Crippen molar-refractivity contribution in [2.75, 3.05) is 13.2 Å². The van der Waals surface area contributed by atoms with E-state index in [4.69, 9.17) is 14.8 Å². The predicted molar refractivity (Wildman–Crippen MR) is 58.1 cm³/mol. The highest BCUT2D eigenvalue weighted by molar-refractivity contribution is 9.10. The molecule has 86 valence electrons. The van der Waals surface area contributed by atoms with Crippen LogP contribution in [0.3, 0.4) is 0 Å². The van der Waals surface area contributed by atoms with E-state index < -0.39 is 10.1 Å². The van der Waals surface area contributed by atoms with Gasteiger partial charge in [0.05, 0.1) is 18.1 Å². The summed E-state index contributed by atoms with van der Waals surface area (Å²) in [6, 6.07) is 5.73. The first-order chi connectivity index (χ1) is 6.91. The summed E-state index contributed by atoms with van der Waals surface area (Å²) in [5, 5.41) is 15.2. The van der Waals surface area contributed by atoms with Crippen molar-refractivity contribution >= 4 is 26.0 Å². The van der Waals surface area contributed by atoms with Gasteiger partial charge in [0, 0.05) is 4.47 Å². The van der Waals surface area contributed by atoms with Crippen molar-refractivity contribution in [3.05, 3.63) is 28.7 Å². The molecule has 1 aromatic carbocycles. The zero-order valence-electron chi connectivity index (χ0n) is 7.67. The van der Waals surface area contributed by atoms with Crippen molar-refractivity contribution in [2.24, 2.45) is 0 Å². The zero-order chi connectivity index (χ0) is 11.9. The molecule has 1 rings (SSSR count). The highest BCUT2D eigenvalue weighted by Crippen LogP contribution is 2.13. The van der Waals surface area contributed by atoms with E-state index in [1.807, 2.05) is 0 Å². The van der Waals surface area contributed by atoms with Gasteiger partial charge in [-0.15, -0.1) is 0 Å². The molecule has 0 aromatic heterocycles. The number of benzene rings is 1. The lowest BCUT2D eigenvalue weighted by Crippen LogP contribution is -1.96. The van der Waals surface area contributed by atoms with Gasteiger partial charge in [-0.3, -0.25) is 4.55 Å². The smallest absolute Gasteiger partial charge is 0.294 e. The molecule has 0 saturated carbocycles. The largest absolute Gasteiger partial charge is 0.394 e. The zero-order valence-corrected chi connectivity index (χ0v) is 10.1. The van der Waals surface area contributed by atoms with Crippen molar-refractivity contribution in [3.8, 4) is 0 Å². The lowest BCUT2D eigenvalue weighted by molar-refractivity contribution is 0.186. The van der Waals surface area contributed by atoms with Crippen LogP contribution in [0.1, 0.15) is 0 Å². The van der Waals surface area contributed by atoms with Crippen molar-refractivity contribution in [3.63, 3.8) is 0 Å². The number of hydrogen-bond donors (Lipinski definition) is 3. The molecule has 0 spiro atoms. The summed E-state index contributed by atoms with van der Waals surface area (Å²) >= 11 is 3.14. The van der Waals surface area contributed by atoms with Crippen LogP contribution >= 0.6 is 15.9 Å². The number of rotatable bonds is 2. The summed E-state index contributed by atoms with van der Waals surface area (Å²) in [5.41, 5.74) is 0. The lowest BCUT2D eigenvalue weighted by atomic mass is 10.4. The fourth-order valence-corrected chi connectivity index (χ4v) is 1.35. The van der Waals surface area contributed by atoms with E-state index >= 15 is 0 Å². The molecule has 0 aliphatic rings. The number of halogens is 1. The molecule has 0 heterocycles. The second-order valence-corrected chi connectivity index (χ2v) is 4.71. The van der Waals surface area contributed by atoms with Crippen LogP contribution < -0.4 is 0 Å². The van der Waals surface area contributed by atoms with Crippen molar-refractivity contribution in [1.82, 2.24) is 0 Å². The summed E-state index contributed by atoms with van der Waals surface area (Å²) < 4.78 is 30.3. The highest BCUT2D eigenvalue weighted by atomic mass is 79.9. The summed E-state index contributed by atoms with van der Waals surface area (Å²) in [7, 11) is -4.04. The first-order valence-corrected chi connectivity index (χ1v) is 6.10. The maximum absolute atomic E-state index is 10.5. The van der Waals surface area contributed by atoms with E-state index in [0.717, 1.165) is 4.47 Å². The van der Waals surface area contributed by atoms with E-state index in [9.17, 15) is 8.42 Å². The Morgan fingerprint density at radius 3 is 1.73 bits per heavy atom. The average Bonchev–Trinajstić information content (AvgIpc) is 2.17. The molecule has 7 heteroatoms. The molecule has 0 atom stereocenters. The van der Waals surface area contributed by atoms with Crippen molar-refractivity contribution in [1.29, 1.82) is 0 Å². The maximum Gasteiger partial charge on any atom is 0.294 e.